The number of alkyl halides is 15. The number of thiocarbonyl (C=S) groups is 1. The lowest BCUT2D eigenvalue weighted by Crippen LogP contribution is -2.45. The van der Waals surface area contributed by atoms with Crippen LogP contribution in [-0.2, 0) is 40.7 Å². The molecule has 316 valence electrons. The van der Waals surface area contributed by atoms with Crippen LogP contribution in [0.2, 0.25) is 0 Å². The van der Waals surface area contributed by atoms with Crippen LogP contribution in [0.3, 0.4) is 0 Å². The van der Waals surface area contributed by atoms with Gasteiger partial charge in [-0.2, -0.15) is 65.9 Å². The SMILES string of the molecule is CN1C(=O)[C@H](Cc2ccccc2)N[C@@H]1C(C)(C)C.FC(F)(F)c1cc(NC(=S)Nc2cc(C(F)(F)F)cc(C(F)(F)F)c2)cc(C(F)(F)F)c1.O=C(O)C(F)(F)F. The molecular formula is C34H31F15N4O3S. The summed E-state index contributed by atoms with van der Waals surface area (Å²) < 4.78 is 186. The molecule has 1 fully saturated rings. The normalized spacial score (nSPS) is 16.5. The molecule has 0 bridgehead atoms. The Morgan fingerprint density at radius 2 is 1.02 bits per heavy atom. The molecule has 23 heteroatoms. The van der Waals surface area contributed by atoms with Crippen molar-refractivity contribution in [1.82, 2.24) is 10.2 Å². The van der Waals surface area contributed by atoms with E-state index in [-0.39, 0.29) is 59.9 Å². The summed E-state index contributed by atoms with van der Waals surface area (Å²) in [5.74, 6) is -2.56. The maximum Gasteiger partial charge on any atom is 0.490 e. The Labute approximate surface area is 319 Å². The number of anilines is 2. The van der Waals surface area contributed by atoms with Gasteiger partial charge in [-0.05, 0) is 66.0 Å². The second kappa shape index (κ2) is 17.8. The highest BCUT2D eigenvalue weighted by Gasteiger charge is 2.42. The van der Waals surface area contributed by atoms with E-state index in [0.717, 1.165) is 6.42 Å². The van der Waals surface area contributed by atoms with E-state index in [2.05, 4.69) is 50.4 Å². The van der Waals surface area contributed by atoms with Crippen molar-refractivity contribution < 1.29 is 80.6 Å². The van der Waals surface area contributed by atoms with Gasteiger partial charge in [0.25, 0.3) is 0 Å². The Hall–Kier alpha value is -4.80. The molecule has 57 heavy (non-hydrogen) atoms. The van der Waals surface area contributed by atoms with Crippen LogP contribution < -0.4 is 16.0 Å². The topological polar surface area (TPSA) is 93.7 Å². The van der Waals surface area contributed by atoms with Gasteiger partial charge in [0.05, 0.1) is 34.5 Å². The quantitative estimate of drug-likeness (QED) is 0.153. The number of carbonyl (C=O) groups is 2. The number of benzene rings is 3. The molecule has 7 nitrogen and oxygen atoms in total. The van der Waals surface area contributed by atoms with Crippen LogP contribution in [0, 0.1) is 5.41 Å². The first-order chi connectivity index (χ1) is 25.6. The van der Waals surface area contributed by atoms with Crippen LogP contribution in [0.5, 0.6) is 0 Å². The maximum atomic E-state index is 12.9. The summed E-state index contributed by atoms with van der Waals surface area (Å²) in [7, 11) is 1.89. The Kier molecular flexibility index (Phi) is 15.1. The number of carboxylic acid groups (broad SMARTS) is 1. The van der Waals surface area contributed by atoms with E-state index >= 15 is 0 Å². The number of amides is 1. The monoisotopic (exact) mass is 860 g/mol. The molecule has 1 heterocycles. The van der Waals surface area contributed by atoms with Crippen LogP contribution in [-0.4, -0.2) is 52.4 Å². The van der Waals surface area contributed by atoms with E-state index in [1.165, 1.54) is 5.56 Å². The van der Waals surface area contributed by atoms with Gasteiger partial charge in [-0.1, -0.05) is 51.1 Å². The second-order valence-corrected chi connectivity index (χ2v) is 13.5. The predicted molar refractivity (Wildman–Crippen MR) is 180 cm³/mol. The molecule has 0 spiro atoms. The molecule has 1 amide bonds. The zero-order valence-electron chi connectivity index (χ0n) is 29.5. The molecular weight excluding hydrogens is 829 g/mol. The predicted octanol–water partition coefficient (Wildman–Crippen LogP) is 10.2. The van der Waals surface area contributed by atoms with Crippen molar-refractivity contribution in [3.63, 3.8) is 0 Å². The zero-order valence-corrected chi connectivity index (χ0v) is 30.3. The van der Waals surface area contributed by atoms with Crippen LogP contribution in [0.25, 0.3) is 0 Å². The molecule has 0 unspecified atom stereocenters. The number of halogens is 15. The Morgan fingerprint density at radius 3 is 1.28 bits per heavy atom. The largest absolute Gasteiger partial charge is 0.490 e. The van der Waals surface area contributed by atoms with E-state index in [9.17, 15) is 70.7 Å². The van der Waals surface area contributed by atoms with Gasteiger partial charge in [-0.25, -0.2) is 4.79 Å². The fourth-order valence-electron chi connectivity index (χ4n) is 4.92. The van der Waals surface area contributed by atoms with Crippen molar-refractivity contribution in [3.05, 3.63) is 94.5 Å². The first-order valence-corrected chi connectivity index (χ1v) is 16.0. The molecule has 0 aromatic heterocycles. The summed E-state index contributed by atoms with van der Waals surface area (Å²) in [5.41, 5.74) is -7.30. The van der Waals surface area contributed by atoms with E-state index in [1.807, 2.05) is 40.8 Å². The molecule has 3 aromatic carbocycles. The molecule has 0 radical (unpaired) electrons. The van der Waals surface area contributed by atoms with Gasteiger partial charge in [0.1, 0.15) is 0 Å². The molecule has 3 aromatic rings. The number of carboxylic acids is 1. The fraction of sp³-hybridized carbons (Fsp3) is 0.382. The number of rotatable bonds is 4. The van der Waals surface area contributed by atoms with Gasteiger partial charge in [0.2, 0.25) is 5.91 Å². The molecule has 2 atom stereocenters. The molecule has 4 N–H and O–H groups in total. The number of hydrogen-bond donors (Lipinski definition) is 4. The third kappa shape index (κ3) is 14.9. The minimum atomic E-state index is -5.19. The molecule has 1 saturated heterocycles. The van der Waals surface area contributed by atoms with Crippen molar-refractivity contribution in [2.24, 2.45) is 5.41 Å². The van der Waals surface area contributed by atoms with Crippen molar-refractivity contribution in [2.75, 3.05) is 17.7 Å². The highest BCUT2D eigenvalue weighted by Crippen LogP contribution is 2.39. The minimum absolute atomic E-state index is 0.0514. The van der Waals surface area contributed by atoms with Crippen LogP contribution in [0.1, 0.15) is 48.6 Å². The maximum absolute atomic E-state index is 12.9. The van der Waals surface area contributed by atoms with E-state index in [4.69, 9.17) is 9.90 Å². The lowest BCUT2D eigenvalue weighted by molar-refractivity contribution is -0.192. The highest BCUT2D eigenvalue weighted by atomic mass is 32.1. The number of aliphatic carboxylic acids is 1. The average molecular weight is 861 g/mol. The summed E-state index contributed by atoms with van der Waals surface area (Å²) in [4.78, 5) is 23.0. The van der Waals surface area contributed by atoms with E-state index < -0.39 is 75.6 Å². The van der Waals surface area contributed by atoms with Crippen molar-refractivity contribution in [3.8, 4) is 0 Å². The third-order valence-corrected chi connectivity index (χ3v) is 7.63. The van der Waals surface area contributed by atoms with E-state index in [0.29, 0.717) is 0 Å². The summed E-state index contributed by atoms with van der Waals surface area (Å²) in [6, 6.07) is 10.6. The zero-order chi connectivity index (χ0) is 44.1. The van der Waals surface area contributed by atoms with Gasteiger partial charge in [-0.3, -0.25) is 10.1 Å². The second-order valence-electron chi connectivity index (χ2n) is 13.1. The number of hydrogen-bond acceptors (Lipinski definition) is 4. The average Bonchev–Trinajstić information content (AvgIpc) is 3.32. The fourth-order valence-corrected chi connectivity index (χ4v) is 5.16. The summed E-state index contributed by atoms with van der Waals surface area (Å²) in [6.07, 6.45) is -25.0. The van der Waals surface area contributed by atoms with Crippen molar-refractivity contribution in [2.45, 2.75) is 70.3 Å². The first-order valence-electron chi connectivity index (χ1n) is 15.6. The van der Waals surface area contributed by atoms with Gasteiger partial charge in [0, 0.05) is 18.4 Å². The third-order valence-electron chi connectivity index (χ3n) is 7.43. The highest BCUT2D eigenvalue weighted by molar-refractivity contribution is 7.80. The van der Waals surface area contributed by atoms with Crippen LogP contribution >= 0.6 is 12.2 Å². The van der Waals surface area contributed by atoms with Gasteiger partial charge in [-0.15, -0.1) is 0 Å². The van der Waals surface area contributed by atoms with Crippen LogP contribution in [0.15, 0.2) is 66.7 Å². The number of likely N-dealkylation sites (N-methyl/N-ethyl adjacent to an activating group) is 1. The first kappa shape index (κ1) is 48.3. The van der Waals surface area contributed by atoms with Crippen molar-refractivity contribution >= 4 is 40.6 Å². The lowest BCUT2D eigenvalue weighted by Gasteiger charge is -2.32. The van der Waals surface area contributed by atoms with Gasteiger partial charge >= 0.3 is 36.9 Å². The summed E-state index contributed by atoms with van der Waals surface area (Å²) in [6.45, 7) is 6.46. The van der Waals surface area contributed by atoms with Crippen LogP contribution in [0.4, 0.5) is 77.2 Å². The molecule has 4 rings (SSSR count). The number of nitrogens with zero attached hydrogens (tertiary/aromatic N) is 1. The van der Waals surface area contributed by atoms with Crippen molar-refractivity contribution in [1.29, 1.82) is 0 Å². The van der Waals surface area contributed by atoms with Gasteiger partial charge in [0.15, 0.2) is 5.11 Å². The molecule has 0 aliphatic carbocycles. The van der Waals surface area contributed by atoms with E-state index in [1.54, 1.807) is 0 Å². The Morgan fingerprint density at radius 1 is 0.684 bits per heavy atom. The number of nitrogens with one attached hydrogen (secondary N) is 3. The molecule has 1 aliphatic heterocycles. The standard InChI is InChI=1S/C17H8F12N2S.C15H22N2O.C2HF3O2/c18-14(19,20)7-1-8(15(21,22)23)4-11(3-7)30-13(32)31-12-5-9(16(24,25)26)2-10(6-12)17(27,28)29;1-15(2,3)14-16-12(13(18)17(14)4)10-11-8-6-5-7-9-11;3-2(4,5)1(6)7/h1-6H,(H2,30,31,32);5-9,12,14,16H,10H2,1-4H3;(H,6,7)/t;12-,14-;/m.0./s1. The number of carbonyl (C=O) groups excluding carboxylic acids is 1. The lowest BCUT2D eigenvalue weighted by atomic mass is 9.92. The minimum Gasteiger partial charge on any atom is -0.475 e. The Balaban J connectivity index is 0.000000373. The Bertz CT molecular complexity index is 1730. The smallest absolute Gasteiger partial charge is 0.475 e. The molecule has 0 saturated carbocycles. The summed E-state index contributed by atoms with van der Waals surface area (Å²) in [5, 5.41) is 13.5. The molecule has 1 aliphatic rings. The van der Waals surface area contributed by atoms with Gasteiger partial charge < -0.3 is 20.6 Å². The summed E-state index contributed by atoms with van der Waals surface area (Å²) >= 11 is 4.62.